The first-order valence-corrected chi connectivity index (χ1v) is 7.25. The van der Waals surface area contributed by atoms with Gasteiger partial charge >= 0.3 is 0 Å². The number of rotatable bonds is 3. The number of likely N-dealkylation sites (tertiary alicyclic amines) is 1. The Labute approximate surface area is 111 Å². The van der Waals surface area contributed by atoms with E-state index in [4.69, 9.17) is 0 Å². The fourth-order valence-corrected chi connectivity index (χ4v) is 2.73. The first kappa shape index (κ1) is 13.4. The molecule has 0 spiro atoms. The Hall–Kier alpha value is -1.02. The molecule has 2 rings (SSSR count). The highest BCUT2D eigenvalue weighted by Crippen LogP contribution is 2.21. The van der Waals surface area contributed by atoms with Crippen molar-refractivity contribution in [2.24, 2.45) is 0 Å². The summed E-state index contributed by atoms with van der Waals surface area (Å²) in [6.07, 6.45) is 3.88. The maximum atomic E-state index is 3.75. The van der Waals surface area contributed by atoms with Gasteiger partial charge in [-0.2, -0.15) is 0 Å². The molecule has 1 saturated heterocycles. The van der Waals surface area contributed by atoms with Crippen LogP contribution in [0.1, 0.15) is 37.3 Å². The number of hydrogen-bond acceptors (Lipinski definition) is 2. The van der Waals surface area contributed by atoms with Gasteiger partial charge in [0.15, 0.2) is 0 Å². The molecule has 18 heavy (non-hydrogen) atoms. The van der Waals surface area contributed by atoms with Crippen molar-refractivity contribution < 1.29 is 0 Å². The van der Waals surface area contributed by atoms with E-state index in [2.05, 4.69) is 49.2 Å². The summed E-state index contributed by atoms with van der Waals surface area (Å²) in [6, 6.07) is 7.32. The van der Waals surface area contributed by atoms with E-state index in [-0.39, 0.29) is 0 Å². The molecule has 0 radical (unpaired) electrons. The minimum Gasteiger partial charge on any atom is -0.382 e. The van der Waals surface area contributed by atoms with Crippen molar-refractivity contribution in [3.8, 4) is 0 Å². The van der Waals surface area contributed by atoms with Gasteiger partial charge in [0.1, 0.15) is 0 Å². The van der Waals surface area contributed by atoms with Crippen LogP contribution in [-0.2, 0) is 0 Å². The maximum Gasteiger partial charge on any atom is 0.0374 e. The zero-order valence-electron chi connectivity index (χ0n) is 12.0. The number of nitrogens with one attached hydrogen (secondary N) is 1. The standard InChI is InChI=1S/C16H26N2/c1-4-18-10-5-6-15(9-11-18)17-16-12-13(2)7-8-14(16)3/h7-8,12,15,17H,4-6,9-11H2,1-3H3. The molecule has 2 nitrogen and oxygen atoms in total. The van der Waals surface area contributed by atoms with Gasteiger partial charge in [-0.1, -0.05) is 19.1 Å². The average molecular weight is 246 g/mol. The number of aryl methyl sites for hydroxylation is 2. The van der Waals surface area contributed by atoms with Crippen LogP contribution in [0.4, 0.5) is 5.69 Å². The third-order valence-corrected chi connectivity index (χ3v) is 4.02. The second-order valence-electron chi connectivity index (χ2n) is 5.52. The minimum atomic E-state index is 0.641. The predicted molar refractivity (Wildman–Crippen MR) is 79.3 cm³/mol. The van der Waals surface area contributed by atoms with Crippen molar-refractivity contribution in [1.82, 2.24) is 4.90 Å². The van der Waals surface area contributed by atoms with E-state index in [9.17, 15) is 0 Å². The van der Waals surface area contributed by atoms with Gasteiger partial charge < -0.3 is 10.2 Å². The van der Waals surface area contributed by atoms with Crippen LogP contribution in [0.2, 0.25) is 0 Å². The highest BCUT2D eigenvalue weighted by Gasteiger charge is 2.16. The van der Waals surface area contributed by atoms with Crippen molar-refractivity contribution in [3.05, 3.63) is 29.3 Å². The van der Waals surface area contributed by atoms with Crippen LogP contribution in [0.5, 0.6) is 0 Å². The first-order chi connectivity index (χ1) is 8.69. The molecule has 0 aromatic heterocycles. The average Bonchev–Trinajstić information content (AvgIpc) is 2.59. The molecule has 1 aliphatic rings. The first-order valence-electron chi connectivity index (χ1n) is 7.25. The second-order valence-corrected chi connectivity index (χ2v) is 5.52. The van der Waals surface area contributed by atoms with Crippen LogP contribution in [0, 0.1) is 13.8 Å². The van der Waals surface area contributed by atoms with Crippen molar-refractivity contribution >= 4 is 5.69 Å². The van der Waals surface area contributed by atoms with Crippen LogP contribution < -0.4 is 5.32 Å². The Morgan fingerprint density at radius 3 is 2.83 bits per heavy atom. The van der Waals surface area contributed by atoms with Crippen molar-refractivity contribution in [1.29, 1.82) is 0 Å². The molecule has 1 aromatic rings. The fourth-order valence-electron chi connectivity index (χ4n) is 2.73. The van der Waals surface area contributed by atoms with E-state index in [0.29, 0.717) is 6.04 Å². The zero-order chi connectivity index (χ0) is 13.0. The van der Waals surface area contributed by atoms with Gasteiger partial charge in [0, 0.05) is 18.3 Å². The SMILES string of the molecule is CCN1CCCC(Nc2cc(C)ccc2C)CC1. The monoisotopic (exact) mass is 246 g/mol. The van der Waals surface area contributed by atoms with Gasteiger partial charge in [0.2, 0.25) is 0 Å². The maximum absolute atomic E-state index is 3.75. The summed E-state index contributed by atoms with van der Waals surface area (Å²) < 4.78 is 0. The van der Waals surface area contributed by atoms with Crippen LogP contribution in [0.25, 0.3) is 0 Å². The molecule has 1 heterocycles. The summed E-state index contributed by atoms with van der Waals surface area (Å²) >= 11 is 0. The predicted octanol–water partition coefficient (Wildman–Crippen LogP) is 3.59. The van der Waals surface area contributed by atoms with E-state index in [1.165, 1.54) is 55.7 Å². The lowest BCUT2D eigenvalue weighted by molar-refractivity contribution is 0.300. The van der Waals surface area contributed by atoms with Crippen LogP contribution in [0.15, 0.2) is 18.2 Å². The zero-order valence-corrected chi connectivity index (χ0v) is 12.0. The van der Waals surface area contributed by atoms with Crippen molar-refractivity contribution in [3.63, 3.8) is 0 Å². The molecule has 1 aromatic carbocycles. The van der Waals surface area contributed by atoms with Gasteiger partial charge in [-0.15, -0.1) is 0 Å². The van der Waals surface area contributed by atoms with E-state index < -0.39 is 0 Å². The molecule has 0 amide bonds. The summed E-state index contributed by atoms with van der Waals surface area (Å²) in [5, 5.41) is 3.75. The quantitative estimate of drug-likeness (QED) is 0.877. The largest absolute Gasteiger partial charge is 0.382 e. The molecule has 100 valence electrons. The number of benzene rings is 1. The highest BCUT2D eigenvalue weighted by molar-refractivity contribution is 5.53. The molecule has 1 fully saturated rings. The van der Waals surface area contributed by atoms with Crippen molar-refractivity contribution in [2.75, 3.05) is 25.0 Å². The van der Waals surface area contributed by atoms with Gasteiger partial charge in [0.05, 0.1) is 0 Å². The summed E-state index contributed by atoms with van der Waals surface area (Å²) in [6.45, 7) is 10.3. The lowest BCUT2D eigenvalue weighted by atomic mass is 10.1. The number of anilines is 1. The summed E-state index contributed by atoms with van der Waals surface area (Å²) in [5.41, 5.74) is 4.02. The summed E-state index contributed by atoms with van der Waals surface area (Å²) in [5.74, 6) is 0. The molecule has 1 aliphatic heterocycles. The topological polar surface area (TPSA) is 15.3 Å². The Balaban J connectivity index is 1.98. The minimum absolute atomic E-state index is 0.641. The molecule has 1 N–H and O–H groups in total. The van der Waals surface area contributed by atoms with Crippen molar-refractivity contribution in [2.45, 2.75) is 46.1 Å². The van der Waals surface area contributed by atoms with Gasteiger partial charge in [0.25, 0.3) is 0 Å². The molecule has 2 heteroatoms. The van der Waals surface area contributed by atoms with Crippen LogP contribution in [0.3, 0.4) is 0 Å². The molecule has 0 saturated carbocycles. The summed E-state index contributed by atoms with van der Waals surface area (Å²) in [7, 11) is 0. The fraction of sp³-hybridized carbons (Fsp3) is 0.625. The molecule has 0 aliphatic carbocycles. The number of hydrogen-bond donors (Lipinski definition) is 1. The molecular weight excluding hydrogens is 220 g/mol. The Morgan fingerprint density at radius 1 is 1.22 bits per heavy atom. The van der Waals surface area contributed by atoms with Gasteiger partial charge in [-0.05, 0) is 63.4 Å². The molecular formula is C16H26N2. The van der Waals surface area contributed by atoms with E-state index >= 15 is 0 Å². The van der Waals surface area contributed by atoms with Gasteiger partial charge in [-0.25, -0.2) is 0 Å². The lowest BCUT2D eigenvalue weighted by Crippen LogP contribution is -2.26. The second kappa shape index (κ2) is 6.24. The Morgan fingerprint density at radius 2 is 2.06 bits per heavy atom. The lowest BCUT2D eigenvalue weighted by Gasteiger charge is -2.20. The van der Waals surface area contributed by atoms with Gasteiger partial charge in [-0.3, -0.25) is 0 Å². The molecule has 1 atom stereocenters. The molecule has 1 unspecified atom stereocenters. The van der Waals surface area contributed by atoms with E-state index in [0.717, 1.165) is 0 Å². The Bertz CT molecular complexity index is 387. The normalized spacial score (nSPS) is 21.6. The smallest absolute Gasteiger partial charge is 0.0374 e. The highest BCUT2D eigenvalue weighted by atomic mass is 15.1. The summed E-state index contributed by atoms with van der Waals surface area (Å²) in [4.78, 5) is 2.56. The third kappa shape index (κ3) is 3.49. The Kier molecular flexibility index (Phi) is 4.65. The molecule has 0 bridgehead atoms. The van der Waals surface area contributed by atoms with E-state index in [1.807, 2.05) is 0 Å². The number of nitrogens with zero attached hydrogens (tertiary/aromatic N) is 1. The van der Waals surface area contributed by atoms with E-state index in [1.54, 1.807) is 0 Å². The van der Waals surface area contributed by atoms with Crippen LogP contribution in [-0.4, -0.2) is 30.6 Å². The van der Waals surface area contributed by atoms with Crippen LogP contribution >= 0.6 is 0 Å². The third-order valence-electron chi connectivity index (χ3n) is 4.02.